The summed E-state index contributed by atoms with van der Waals surface area (Å²) in [5.74, 6) is -1.10. The molecule has 0 aliphatic rings. The van der Waals surface area contributed by atoms with Crippen LogP contribution in [0, 0.1) is 0 Å². The van der Waals surface area contributed by atoms with E-state index in [4.69, 9.17) is 10.2 Å². The topological polar surface area (TPSA) is 83.4 Å². The van der Waals surface area contributed by atoms with E-state index in [-0.39, 0.29) is 11.1 Å². The summed E-state index contributed by atoms with van der Waals surface area (Å²) in [7, 11) is 4.14. The third kappa shape index (κ3) is 4.17. The van der Waals surface area contributed by atoms with Crippen LogP contribution in [-0.4, -0.2) is 26.7 Å². The number of hydrogen-bond donors (Lipinski definition) is 2. The zero-order valence-electron chi connectivity index (χ0n) is 12.3. The number of rotatable bonds is 3. The van der Waals surface area contributed by atoms with Gasteiger partial charge in [-0.1, -0.05) is 19.1 Å². The smallest absolute Gasteiger partial charge is 0.336 e. The maximum absolute atomic E-state index is 10.5. The number of imidazole rings is 1. The second-order valence-electron chi connectivity index (χ2n) is 4.45. The summed E-state index contributed by atoms with van der Waals surface area (Å²) >= 11 is 0. The summed E-state index contributed by atoms with van der Waals surface area (Å²) in [5.41, 5.74) is -0.380. The molecular weight excluding hydrogens is 272 g/mol. The zero-order chi connectivity index (χ0) is 16.0. The molecule has 1 aromatic heterocycles. The lowest BCUT2D eigenvalue weighted by atomic mass is 10.1. The van der Waals surface area contributed by atoms with Crippen LogP contribution in [0.4, 0.5) is 0 Å². The highest BCUT2D eigenvalue weighted by molar-refractivity contribution is 6.01. The highest BCUT2D eigenvalue weighted by Gasteiger charge is 2.13. The van der Waals surface area contributed by atoms with Gasteiger partial charge < -0.3 is 10.2 Å². The Morgan fingerprint density at radius 2 is 1.62 bits per heavy atom. The van der Waals surface area contributed by atoms with Crippen LogP contribution >= 0.6 is 0 Å². The van der Waals surface area contributed by atoms with Crippen LogP contribution < -0.4 is 4.57 Å². The Kier molecular flexibility index (Phi) is 5.66. The van der Waals surface area contributed by atoms with Crippen molar-refractivity contribution in [2.75, 3.05) is 0 Å². The van der Waals surface area contributed by atoms with Gasteiger partial charge in [0.15, 0.2) is 0 Å². The maximum Gasteiger partial charge on any atom is 0.336 e. The van der Waals surface area contributed by atoms with E-state index in [9.17, 15) is 9.59 Å². The van der Waals surface area contributed by atoms with E-state index in [0.29, 0.717) is 0 Å². The van der Waals surface area contributed by atoms with E-state index >= 15 is 0 Å². The number of nitrogens with zero attached hydrogens (tertiary/aromatic N) is 2. The molecule has 6 heteroatoms. The second-order valence-corrected chi connectivity index (χ2v) is 4.45. The normalized spacial score (nSPS) is 9.67. The summed E-state index contributed by atoms with van der Waals surface area (Å²) in [6.07, 6.45) is 5.23. The average Bonchev–Trinajstić information content (AvgIpc) is 2.78. The molecule has 2 N–H and O–H groups in total. The third-order valence-electron chi connectivity index (χ3n) is 3.03. The van der Waals surface area contributed by atoms with Gasteiger partial charge in [-0.25, -0.2) is 18.7 Å². The van der Waals surface area contributed by atoms with Crippen LogP contribution in [0.1, 0.15) is 33.5 Å². The van der Waals surface area contributed by atoms with Crippen LogP contribution in [0.15, 0.2) is 36.7 Å². The number of hydrogen-bond acceptors (Lipinski definition) is 2. The van der Waals surface area contributed by atoms with Gasteiger partial charge in [-0.3, -0.25) is 0 Å². The summed E-state index contributed by atoms with van der Waals surface area (Å²) in [6.45, 7) is 2.16. The van der Waals surface area contributed by atoms with Crippen LogP contribution in [-0.2, 0) is 20.5 Å². The van der Waals surface area contributed by atoms with Crippen molar-refractivity contribution in [3.8, 4) is 0 Å². The summed E-state index contributed by atoms with van der Waals surface area (Å²) in [5, 5.41) is 17.1. The van der Waals surface area contributed by atoms with Crippen molar-refractivity contribution in [1.29, 1.82) is 0 Å². The van der Waals surface area contributed by atoms with Crippen LogP contribution in [0.3, 0.4) is 0 Å². The summed E-state index contributed by atoms with van der Waals surface area (Å²) in [6, 6.07) is 5.48. The highest BCUT2D eigenvalue weighted by Crippen LogP contribution is 2.07. The van der Waals surface area contributed by atoms with E-state index in [1.807, 2.05) is 0 Å². The van der Waals surface area contributed by atoms with Crippen molar-refractivity contribution in [2.45, 2.75) is 13.3 Å². The minimum Gasteiger partial charge on any atom is -0.478 e. The molecule has 0 saturated carbocycles. The van der Waals surface area contributed by atoms with Gasteiger partial charge in [0.05, 0.1) is 25.2 Å². The standard InChI is InChI=1S/C8H6O4.C7H13N2/c9-7(10)5-3-1-2-4-6(5)8(11)12;1-4-7-8(2)5-6-9(7)3/h1-4H,(H,9,10)(H,11,12);5-6H,4H2,1-3H3/q;+1. The van der Waals surface area contributed by atoms with Gasteiger partial charge in [-0.15, -0.1) is 0 Å². The maximum atomic E-state index is 10.5. The lowest BCUT2D eigenvalue weighted by Gasteiger charge is -1.98. The van der Waals surface area contributed by atoms with Gasteiger partial charge >= 0.3 is 11.9 Å². The number of carboxylic acid groups (broad SMARTS) is 2. The van der Waals surface area contributed by atoms with E-state index in [1.165, 1.54) is 30.1 Å². The average molecular weight is 291 g/mol. The van der Waals surface area contributed by atoms with E-state index in [2.05, 4.69) is 42.5 Å². The Morgan fingerprint density at radius 1 is 1.14 bits per heavy atom. The van der Waals surface area contributed by atoms with Crippen molar-refractivity contribution >= 4 is 11.9 Å². The molecule has 0 radical (unpaired) electrons. The Labute approximate surface area is 122 Å². The van der Waals surface area contributed by atoms with Crippen molar-refractivity contribution in [1.82, 2.24) is 4.57 Å². The van der Waals surface area contributed by atoms with Crippen LogP contribution in [0.5, 0.6) is 0 Å². The molecule has 0 bridgehead atoms. The second kappa shape index (κ2) is 7.23. The molecule has 21 heavy (non-hydrogen) atoms. The predicted octanol–water partition coefficient (Wildman–Crippen LogP) is 1.49. The van der Waals surface area contributed by atoms with Crippen molar-refractivity contribution < 1.29 is 24.4 Å². The number of carboxylic acids is 2. The first-order chi connectivity index (χ1) is 9.88. The molecule has 1 heterocycles. The first-order valence-electron chi connectivity index (χ1n) is 6.43. The fourth-order valence-corrected chi connectivity index (χ4v) is 1.98. The number of aromatic nitrogens is 2. The number of aryl methyl sites for hydroxylation is 2. The van der Waals surface area contributed by atoms with Gasteiger partial charge in [0.25, 0.3) is 5.82 Å². The van der Waals surface area contributed by atoms with E-state index in [1.54, 1.807) is 0 Å². The minimum atomic E-state index is -1.23. The number of carbonyl (C=O) groups is 2. The lowest BCUT2D eigenvalue weighted by Crippen LogP contribution is -2.31. The van der Waals surface area contributed by atoms with Crippen molar-refractivity contribution in [2.24, 2.45) is 14.1 Å². The molecule has 1 aromatic carbocycles. The molecular formula is C15H19N2O4+. The lowest BCUT2D eigenvalue weighted by molar-refractivity contribution is -0.678. The predicted molar refractivity (Wildman–Crippen MR) is 76.3 cm³/mol. The molecule has 0 amide bonds. The molecule has 112 valence electrons. The van der Waals surface area contributed by atoms with Gasteiger partial charge in [-0.2, -0.15) is 0 Å². The fraction of sp³-hybridized carbons (Fsp3) is 0.267. The molecule has 0 saturated heterocycles. The van der Waals surface area contributed by atoms with Gasteiger partial charge in [0.1, 0.15) is 12.4 Å². The fourth-order valence-electron chi connectivity index (χ4n) is 1.98. The molecule has 2 rings (SSSR count). The summed E-state index contributed by atoms with van der Waals surface area (Å²) in [4.78, 5) is 20.9. The van der Waals surface area contributed by atoms with E-state index < -0.39 is 11.9 Å². The van der Waals surface area contributed by atoms with Crippen molar-refractivity contribution in [3.05, 3.63) is 53.6 Å². The SMILES string of the molecule is CCc1n(C)cc[n+]1C.O=C(O)c1ccccc1C(=O)O. The molecule has 0 aliphatic heterocycles. The van der Waals surface area contributed by atoms with E-state index in [0.717, 1.165) is 6.42 Å². The molecule has 0 unspecified atom stereocenters. The van der Waals surface area contributed by atoms with Gasteiger partial charge in [0, 0.05) is 6.42 Å². The molecule has 0 spiro atoms. The molecule has 2 aromatic rings. The first kappa shape index (κ1) is 16.4. The Morgan fingerprint density at radius 3 is 1.86 bits per heavy atom. The Balaban J connectivity index is 0.000000219. The Hall–Kier alpha value is -2.63. The zero-order valence-corrected chi connectivity index (χ0v) is 12.3. The quantitative estimate of drug-likeness (QED) is 0.839. The highest BCUT2D eigenvalue weighted by atomic mass is 16.4. The number of aromatic carboxylic acids is 2. The molecule has 6 nitrogen and oxygen atoms in total. The molecule has 0 aliphatic carbocycles. The third-order valence-corrected chi connectivity index (χ3v) is 3.03. The summed E-state index contributed by atoms with van der Waals surface area (Å²) < 4.78 is 4.28. The van der Waals surface area contributed by atoms with Crippen molar-refractivity contribution in [3.63, 3.8) is 0 Å². The van der Waals surface area contributed by atoms with Crippen LogP contribution in [0.25, 0.3) is 0 Å². The van der Waals surface area contributed by atoms with Gasteiger partial charge in [-0.05, 0) is 12.1 Å². The molecule has 0 atom stereocenters. The van der Waals surface area contributed by atoms with Gasteiger partial charge in [0.2, 0.25) is 0 Å². The first-order valence-corrected chi connectivity index (χ1v) is 6.43. The Bertz CT molecular complexity index is 594. The number of benzene rings is 1. The monoisotopic (exact) mass is 291 g/mol. The largest absolute Gasteiger partial charge is 0.478 e. The van der Waals surface area contributed by atoms with Crippen LogP contribution in [0.2, 0.25) is 0 Å². The minimum absolute atomic E-state index is 0.190. The molecule has 0 fully saturated rings.